The van der Waals surface area contributed by atoms with Crippen LogP contribution in [0.4, 0.5) is 0 Å². The number of hydrogen-bond donors (Lipinski definition) is 1. The summed E-state index contributed by atoms with van der Waals surface area (Å²) in [5.74, 6) is 0.532. The van der Waals surface area contributed by atoms with Crippen molar-refractivity contribution in [1.29, 1.82) is 0 Å². The first-order chi connectivity index (χ1) is 7.49. The first-order valence-electron chi connectivity index (χ1n) is 5.70. The Morgan fingerprint density at radius 2 is 2.00 bits per heavy atom. The predicted molar refractivity (Wildman–Crippen MR) is 73.2 cm³/mol. The van der Waals surface area contributed by atoms with Crippen LogP contribution in [0, 0.1) is 6.92 Å². The number of benzene rings is 1. The summed E-state index contributed by atoms with van der Waals surface area (Å²) in [6.45, 7) is 12.4. The summed E-state index contributed by atoms with van der Waals surface area (Å²) in [6.07, 6.45) is 4.15. The van der Waals surface area contributed by atoms with Gasteiger partial charge in [-0.1, -0.05) is 44.7 Å². The van der Waals surface area contributed by atoms with Crippen molar-refractivity contribution in [3.63, 3.8) is 0 Å². The standard InChI is InChI=1S/C15H21N/c1-6-7-14-11(4)13(10(2)3)8-9-15(14)12(5)16/h6-10H,5,16H2,1-4H3/b7-6-. The molecule has 0 unspecified atom stereocenters. The van der Waals surface area contributed by atoms with Crippen molar-refractivity contribution in [2.75, 3.05) is 0 Å². The molecule has 1 nitrogen and oxygen atoms in total. The van der Waals surface area contributed by atoms with Crippen LogP contribution in [0.2, 0.25) is 0 Å². The molecule has 0 aromatic heterocycles. The molecular weight excluding hydrogens is 194 g/mol. The van der Waals surface area contributed by atoms with Gasteiger partial charge in [-0.15, -0.1) is 0 Å². The molecule has 86 valence electrons. The highest BCUT2D eigenvalue weighted by molar-refractivity contribution is 5.74. The third kappa shape index (κ3) is 2.35. The summed E-state index contributed by atoms with van der Waals surface area (Å²) in [5.41, 5.74) is 11.4. The van der Waals surface area contributed by atoms with Crippen molar-refractivity contribution < 1.29 is 0 Å². The van der Waals surface area contributed by atoms with E-state index in [0.29, 0.717) is 11.6 Å². The molecule has 0 spiro atoms. The fourth-order valence-electron chi connectivity index (χ4n) is 2.03. The van der Waals surface area contributed by atoms with Crippen LogP contribution < -0.4 is 5.73 Å². The van der Waals surface area contributed by atoms with Gasteiger partial charge in [-0.25, -0.2) is 0 Å². The summed E-state index contributed by atoms with van der Waals surface area (Å²) in [4.78, 5) is 0. The lowest BCUT2D eigenvalue weighted by molar-refractivity contribution is 0.855. The van der Waals surface area contributed by atoms with Crippen molar-refractivity contribution >= 4 is 11.8 Å². The minimum atomic E-state index is 0.532. The smallest absolute Gasteiger partial charge is 0.0320 e. The molecule has 0 bridgehead atoms. The molecule has 1 heteroatoms. The minimum Gasteiger partial charge on any atom is -0.399 e. The van der Waals surface area contributed by atoms with Crippen LogP contribution in [-0.2, 0) is 0 Å². The molecule has 1 rings (SSSR count). The SMILES string of the molecule is C=C(N)c1ccc(C(C)C)c(C)c1/C=C\C. The normalized spacial score (nSPS) is 11.3. The van der Waals surface area contributed by atoms with Crippen molar-refractivity contribution in [1.82, 2.24) is 0 Å². The van der Waals surface area contributed by atoms with E-state index in [4.69, 9.17) is 5.73 Å². The molecule has 0 aliphatic rings. The van der Waals surface area contributed by atoms with E-state index in [9.17, 15) is 0 Å². The topological polar surface area (TPSA) is 26.0 Å². The van der Waals surface area contributed by atoms with Gasteiger partial charge in [-0.05, 0) is 36.5 Å². The summed E-state index contributed by atoms with van der Waals surface area (Å²) < 4.78 is 0. The van der Waals surface area contributed by atoms with E-state index < -0.39 is 0 Å². The van der Waals surface area contributed by atoms with Crippen molar-refractivity contribution in [3.8, 4) is 0 Å². The number of rotatable bonds is 3. The zero-order valence-corrected chi connectivity index (χ0v) is 10.7. The van der Waals surface area contributed by atoms with E-state index in [1.54, 1.807) is 0 Å². The van der Waals surface area contributed by atoms with Crippen LogP contribution >= 0.6 is 0 Å². The van der Waals surface area contributed by atoms with Gasteiger partial charge in [0.05, 0.1) is 0 Å². The molecule has 0 atom stereocenters. The Balaban J connectivity index is 3.47. The lowest BCUT2D eigenvalue weighted by atomic mass is 9.90. The maximum atomic E-state index is 5.81. The first-order valence-corrected chi connectivity index (χ1v) is 5.70. The molecule has 0 fully saturated rings. The van der Waals surface area contributed by atoms with E-state index in [1.807, 2.05) is 13.0 Å². The van der Waals surface area contributed by atoms with Crippen molar-refractivity contribution in [2.24, 2.45) is 5.73 Å². The first kappa shape index (κ1) is 12.6. The molecule has 1 aromatic rings. The number of hydrogen-bond acceptors (Lipinski definition) is 1. The van der Waals surface area contributed by atoms with Crippen molar-refractivity contribution in [2.45, 2.75) is 33.6 Å². The molecule has 2 N–H and O–H groups in total. The fourth-order valence-corrected chi connectivity index (χ4v) is 2.03. The fraction of sp³-hybridized carbons (Fsp3) is 0.333. The average Bonchev–Trinajstić information content (AvgIpc) is 2.20. The van der Waals surface area contributed by atoms with Gasteiger partial charge >= 0.3 is 0 Å². The van der Waals surface area contributed by atoms with Crippen molar-refractivity contribution in [3.05, 3.63) is 47.0 Å². The average molecular weight is 215 g/mol. The Hall–Kier alpha value is -1.50. The van der Waals surface area contributed by atoms with Crippen LogP contribution in [0.1, 0.15) is 48.9 Å². The maximum Gasteiger partial charge on any atom is 0.0320 e. The summed E-state index contributed by atoms with van der Waals surface area (Å²) in [6, 6.07) is 4.22. The Labute approximate surface area is 98.7 Å². The molecule has 0 radical (unpaired) electrons. The molecule has 0 amide bonds. The highest BCUT2D eigenvalue weighted by Crippen LogP contribution is 2.27. The number of allylic oxidation sites excluding steroid dienone is 1. The molecular formula is C15H21N. The van der Waals surface area contributed by atoms with Gasteiger partial charge < -0.3 is 5.73 Å². The molecule has 0 saturated carbocycles. The summed E-state index contributed by atoms with van der Waals surface area (Å²) >= 11 is 0. The summed E-state index contributed by atoms with van der Waals surface area (Å²) in [5, 5.41) is 0. The third-order valence-corrected chi connectivity index (χ3v) is 2.86. The molecule has 1 aromatic carbocycles. The maximum absolute atomic E-state index is 5.81. The van der Waals surface area contributed by atoms with Gasteiger partial charge in [-0.3, -0.25) is 0 Å². The zero-order valence-electron chi connectivity index (χ0n) is 10.7. The van der Waals surface area contributed by atoms with Crippen LogP contribution in [0.15, 0.2) is 24.8 Å². The predicted octanol–water partition coefficient (Wildman–Crippen LogP) is 4.08. The van der Waals surface area contributed by atoms with E-state index in [1.165, 1.54) is 16.7 Å². The van der Waals surface area contributed by atoms with E-state index in [-0.39, 0.29) is 0 Å². The second-order valence-corrected chi connectivity index (χ2v) is 4.42. The lowest BCUT2D eigenvalue weighted by Gasteiger charge is -2.16. The quantitative estimate of drug-likeness (QED) is 0.807. The highest BCUT2D eigenvalue weighted by Gasteiger charge is 2.10. The zero-order chi connectivity index (χ0) is 12.3. The Kier molecular flexibility index (Phi) is 3.94. The van der Waals surface area contributed by atoms with Crippen LogP contribution in [0.25, 0.3) is 11.8 Å². The highest BCUT2D eigenvalue weighted by atomic mass is 14.6. The molecule has 0 heterocycles. The molecule has 16 heavy (non-hydrogen) atoms. The van der Waals surface area contributed by atoms with Crippen LogP contribution in [0.5, 0.6) is 0 Å². The van der Waals surface area contributed by atoms with Gasteiger partial charge in [-0.2, -0.15) is 0 Å². The second kappa shape index (κ2) is 5.02. The minimum absolute atomic E-state index is 0.532. The monoisotopic (exact) mass is 215 g/mol. The largest absolute Gasteiger partial charge is 0.399 e. The number of nitrogens with two attached hydrogens (primary N) is 1. The molecule has 0 aliphatic heterocycles. The van der Waals surface area contributed by atoms with E-state index in [2.05, 4.69) is 45.6 Å². The van der Waals surface area contributed by atoms with Crippen LogP contribution in [0.3, 0.4) is 0 Å². The Morgan fingerprint density at radius 1 is 1.38 bits per heavy atom. The van der Waals surface area contributed by atoms with Gasteiger partial charge in [0.15, 0.2) is 0 Å². The van der Waals surface area contributed by atoms with Gasteiger partial charge in [0.2, 0.25) is 0 Å². The van der Waals surface area contributed by atoms with Gasteiger partial charge in [0.1, 0.15) is 0 Å². The third-order valence-electron chi connectivity index (χ3n) is 2.86. The summed E-state index contributed by atoms with van der Waals surface area (Å²) in [7, 11) is 0. The van der Waals surface area contributed by atoms with Gasteiger partial charge in [0.25, 0.3) is 0 Å². The van der Waals surface area contributed by atoms with Gasteiger partial charge in [0, 0.05) is 11.3 Å². The van der Waals surface area contributed by atoms with E-state index >= 15 is 0 Å². The lowest BCUT2D eigenvalue weighted by Crippen LogP contribution is -2.02. The second-order valence-electron chi connectivity index (χ2n) is 4.42. The van der Waals surface area contributed by atoms with E-state index in [0.717, 1.165) is 5.56 Å². The molecule has 0 aliphatic carbocycles. The van der Waals surface area contributed by atoms with Crippen LogP contribution in [-0.4, -0.2) is 0 Å². The molecule has 0 saturated heterocycles. The Morgan fingerprint density at radius 3 is 2.44 bits per heavy atom. The Bertz CT molecular complexity index is 425.